The fourth-order valence-corrected chi connectivity index (χ4v) is 5.16. The van der Waals surface area contributed by atoms with Crippen LogP contribution >= 0.6 is 19.2 Å². The minimum absolute atomic E-state index is 0.0573. The molecule has 2 aliphatic heterocycles. The van der Waals surface area contributed by atoms with Gasteiger partial charge in [-0.05, 0) is 17.7 Å². The van der Waals surface area contributed by atoms with Gasteiger partial charge in [0.1, 0.15) is 29.8 Å². The molecule has 0 aromatic carbocycles. The Morgan fingerprint density at radius 1 is 1.28 bits per heavy atom. The summed E-state index contributed by atoms with van der Waals surface area (Å²) in [5.41, 5.74) is 0.194. The molecule has 5 atom stereocenters. The van der Waals surface area contributed by atoms with Crippen LogP contribution in [0, 0.1) is 0 Å². The molecule has 2 saturated heterocycles. The minimum atomic E-state index is -4.83. The van der Waals surface area contributed by atoms with Crippen molar-refractivity contribution < 1.29 is 42.8 Å². The van der Waals surface area contributed by atoms with Gasteiger partial charge in [-0.25, -0.2) is 8.78 Å². The van der Waals surface area contributed by atoms with E-state index in [1.54, 1.807) is 11.0 Å². The monoisotopic (exact) mass is 498 g/mol. The number of alkyl halides is 2. The van der Waals surface area contributed by atoms with Crippen LogP contribution < -0.4 is 4.90 Å². The molecule has 0 amide bonds. The van der Waals surface area contributed by atoms with E-state index in [0.717, 1.165) is 7.11 Å². The molecule has 0 bridgehead atoms. The predicted molar refractivity (Wildman–Crippen MR) is 108 cm³/mol. The number of hydrogen-bond donors (Lipinski definition) is 4. The number of rotatable bonds is 5. The maximum Gasteiger partial charge on any atom is 0.356 e. The maximum atomic E-state index is 13.6. The number of aliphatic hydroxyl groups excluding tert-OH is 2. The molecule has 0 radical (unpaired) electrons. The average Bonchev–Trinajstić information content (AvgIpc) is 3.23. The van der Waals surface area contributed by atoms with E-state index in [0.29, 0.717) is 11.2 Å². The van der Waals surface area contributed by atoms with Gasteiger partial charge in [0.25, 0.3) is 5.92 Å². The van der Waals surface area contributed by atoms with E-state index in [9.17, 15) is 33.3 Å². The van der Waals surface area contributed by atoms with Crippen molar-refractivity contribution in [2.24, 2.45) is 0 Å². The van der Waals surface area contributed by atoms with Crippen LogP contribution in [-0.4, -0.2) is 84.8 Å². The highest BCUT2D eigenvalue weighted by Gasteiger charge is 2.52. The van der Waals surface area contributed by atoms with E-state index in [1.165, 1.54) is 10.8 Å². The number of piperidine rings is 1. The molecule has 4 N–H and O–H groups in total. The molecule has 1 unspecified atom stereocenters. The Balaban J connectivity index is 1.69. The van der Waals surface area contributed by atoms with Crippen LogP contribution in [0.4, 0.5) is 14.6 Å². The molecule has 32 heavy (non-hydrogen) atoms. The quantitative estimate of drug-likeness (QED) is 0.348. The third kappa shape index (κ3) is 4.24. The van der Waals surface area contributed by atoms with Gasteiger partial charge < -0.3 is 38.9 Å². The van der Waals surface area contributed by atoms with Gasteiger partial charge in [0.05, 0.1) is 5.39 Å². The zero-order chi connectivity index (χ0) is 23.4. The van der Waals surface area contributed by atoms with Crippen LogP contribution in [0.5, 0.6) is 0 Å². The molecule has 4 heterocycles. The van der Waals surface area contributed by atoms with E-state index in [-0.39, 0.29) is 36.9 Å². The number of aliphatic hydroxyl groups is 2. The number of nitrogens with zero attached hydrogens (tertiary/aromatic N) is 4. The van der Waals surface area contributed by atoms with Gasteiger partial charge >= 0.3 is 7.60 Å². The van der Waals surface area contributed by atoms with Crippen LogP contribution in [0.25, 0.3) is 11.0 Å². The van der Waals surface area contributed by atoms with Gasteiger partial charge in [0.15, 0.2) is 12.1 Å². The summed E-state index contributed by atoms with van der Waals surface area (Å²) < 4.78 is 50.6. The molecule has 178 valence electrons. The summed E-state index contributed by atoms with van der Waals surface area (Å²) in [6.45, 7) is 0.115. The lowest BCUT2D eigenvalue weighted by molar-refractivity contribution is -0.0759. The predicted octanol–water partition coefficient (Wildman–Crippen LogP) is 1.09. The molecule has 0 spiro atoms. The van der Waals surface area contributed by atoms with Crippen LogP contribution in [-0.2, 0) is 14.0 Å². The fraction of sp³-hybridized carbons (Fsp3) is 0.647. The molecule has 2 aromatic heterocycles. The highest BCUT2D eigenvalue weighted by atomic mass is 35.5. The van der Waals surface area contributed by atoms with Crippen LogP contribution in [0.2, 0.25) is 5.28 Å². The third-order valence-electron chi connectivity index (χ3n) is 5.72. The summed E-state index contributed by atoms with van der Waals surface area (Å²) in [5, 5.41) is 21.2. The molecular formula is C17H22ClF2N4O7P. The number of aromatic nitrogens is 3. The Morgan fingerprint density at radius 3 is 2.53 bits per heavy atom. The van der Waals surface area contributed by atoms with Gasteiger partial charge in [0.2, 0.25) is 5.28 Å². The van der Waals surface area contributed by atoms with Gasteiger partial charge in [0, 0.05) is 39.2 Å². The first-order valence-electron chi connectivity index (χ1n) is 9.69. The fourth-order valence-electron chi connectivity index (χ4n) is 4.10. The number of halogens is 3. The normalized spacial score (nSPS) is 29.6. The maximum absolute atomic E-state index is 13.6. The molecule has 4 rings (SSSR count). The first-order chi connectivity index (χ1) is 14.9. The average molecular weight is 499 g/mol. The molecular weight excluding hydrogens is 477 g/mol. The van der Waals surface area contributed by atoms with E-state index < -0.39 is 43.9 Å². The zero-order valence-electron chi connectivity index (χ0n) is 16.8. The Hall–Kier alpha value is -1.44. The van der Waals surface area contributed by atoms with Crippen molar-refractivity contribution in [2.75, 3.05) is 25.1 Å². The van der Waals surface area contributed by atoms with Crippen molar-refractivity contribution in [2.45, 2.75) is 49.1 Å². The van der Waals surface area contributed by atoms with E-state index in [2.05, 4.69) is 9.97 Å². The summed E-state index contributed by atoms with van der Waals surface area (Å²) in [6.07, 6.45) is -5.26. The van der Waals surface area contributed by atoms with E-state index in [1.807, 2.05) is 0 Å². The van der Waals surface area contributed by atoms with Crippen LogP contribution in [0.3, 0.4) is 0 Å². The molecule has 2 aromatic rings. The van der Waals surface area contributed by atoms with Gasteiger partial charge in [-0.3, -0.25) is 4.57 Å². The molecule has 2 fully saturated rings. The first-order valence-corrected chi connectivity index (χ1v) is 11.8. The summed E-state index contributed by atoms with van der Waals surface area (Å²) in [7, 11) is -3.78. The Bertz CT molecular complexity index is 1040. The van der Waals surface area contributed by atoms with Crippen molar-refractivity contribution in [1.29, 1.82) is 0 Å². The zero-order valence-corrected chi connectivity index (χ0v) is 18.4. The highest BCUT2D eigenvalue weighted by molar-refractivity contribution is 7.52. The van der Waals surface area contributed by atoms with E-state index in [4.69, 9.17) is 21.1 Å². The van der Waals surface area contributed by atoms with Crippen LogP contribution in [0.15, 0.2) is 12.3 Å². The molecule has 15 heteroatoms. The molecule has 2 aliphatic rings. The lowest BCUT2D eigenvalue weighted by atomic mass is 10.1. The lowest BCUT2D eigenvalue weighted by Crippen LogP contribution is -2.40. The highest BCUT2D eigenvalue weighted by Crippen LogP contribution is 2.48. The Kier molecular flexibility index (Phi) is 6.23. The number of hydrogen-bond acceptors (Lipinski definition) is 8. The Morgan fingerprint density at radius 2 is 1.94 bits per heavy atom. The third-order valence-corrected chi connectivity index (χ3v) is 7.06. The molecule has 0 saturated carbocycles. The number of methoxy groups -OCH3 is 1. The largest absolute Gasteiger partial charge is 0.387 e. The molecule has 11 nitrogen and oxygen atoms in total. The standard InChI is InChI=1S/C17H22ClF2N4O7P/c1-30-15(32(27,28)29)11-9(25)10(26)14(31-11)24-5-2-8-12(21-16(18)22-13(8)24)23-6-3-17(19,20)4-7-23/h2,5,9-11,14-15,25-26H,3-4,6-7H2,1H3,(H2,27,28,29)/t9-,10+,11+,14+,15?/m0/s1. The summed E-state index contributed by atoms with van der Waals surface area (Å²) >= 11 is 6.08. The van der Waals surface area contributed by atoms with Crippen molar-refractivity contribution in [3.05, 3.63) is 17.5 Å². The Labute approximate surface area is 185 Å². The number of ether oxygens (including phenoxy) is 2. The number of fused-ring (bicyclic) bond motifs is 1. The second-order valence-electron chi connectivity index (χ2n) is 7.81. The number of anilines is 1. The SMILES string of the molecule is COC([C@@H]1O[C@@H](n2ccc3c(N4CCC(F)(F)CC4)nc(Cl)nc32)[C@H](O)[C@@H]1O)P(=O)(O)O. The molecule has 0 aliphatic carbocycles. The second kappa shape index (κ2) is 8.41. The van der Waals surface area contributed by atoms with Crippen LogP contribution in [0.1, 0.15) is 19.1 Å². The summed E-state index contributed by atoms with van der Waals surface area (Å²) in [5.74, 6) is -4.21. The first kappa shape index (κ1) is 23.7. The van der Waals surface area contributed by atoms with Gasteiger partial charge in [-0.2, -0.15) is 9.97 Å². The van der Waals surface area contributed by atoms with E-state index >= 15 is 0 Å². The van der Waals surface area contributed by atoms with Gasteiger partial charge in [-0.15, -0.1) is 0 Å². The lowest BCUT2D eigenvalue weighted by Gasteiger charge is -2.32. The second-order valence-corrected chi connectivity index (χ2v) is 9.83. The summed E-state index contributed by atoms with van der Waals surface area (Å²) in [6, 6.07) is 1.58. The summed E-state index contributed by atoms with van der Waals surface area (Å²) in [4.78, 5) is 29.0. The smallest absolute Gasteiger partial charge is 0.356 e. The minimum Gasteiger partial charge on any atom is -0.387 e. The van der Waals surface area contributed by atoms with Crippen molar-refractivity contribution in [1.82, 2.24) is 14.5 Å². The van der Waals surface area contributed by atoms with Crippen molar-refractivity contribution >= 4 is 36.0 Å². The van der Waals surface area contributed by atoms with Crippen molar-refractivity contribution in [3.63, 3.8) is 0 Å². The van der Waals surface area contributed by atoms with Gasteiger partial charge in [-0.1, -0.05) is 0 Å². The topological polar surface area (TPSA) is 150 Å². The van der Waals surface area contributed by atoms with Crippen molar-refractivity contribution in [3.8, 4) is 0 Å².